The van der Waals surface area contributed by atoms with E-state index in [1.807, 2.05) is 12.1 Å². The fourth-order valence-corrected chi connectivity index (χ4v) is 5.31. The minimum Gasteiger partial charge on any atom is -0.475 e. The van der Waals surface area contributed by atoms with Crippen molar-refractivity contribution < 1.29 is 41.1 Å². The Morgan fingerprint density at radius 3 is 2.27 bits per heavy atom. The number of benzene rings is 2. The van der Waals surface area contributed by atoms with Crippen LogP contribution >= 0.6 is 0 Å². The molecule has 11 nitrogen and oxygen atoms in total. The van der Waals surface area contributed by atoms with Gasteiger partial charge >= 0.3 is 12.1 Å². The summed E-state index contributed by atoms with van der Waals surface area (Å²) in [4.78, 5) is 35.1. The van der Waals surface area contributed by atoms with E-state index in [4.69, 9.17) is 21.5 Å². The Bertz CT molecular complexity index is 1370. The molecule has 224 valence electrons. The van der Waals surface area contributed by atoms with Gasteiger partial charge in [0, 0.05) is 25.2 Å². The monoisotopic (exact) mass is 599 g/mol. The Labute approximate surface area is 236 Å². The van der Waals surface area contributed by atoms with Gasteiger partial charge in [0.15, 0.2) is 0 Å². The highest BCUT2D eigenvalue weighted by molar-refractivity contribution is 7.86. The number of carboxylic acids is 1. The summed E-state index contributed by atoms with van der Waals surface area (Å²) in [5, 5.41) is 19.8. The summed E-state index contributed by atoms with van der Waals surface area (Å²) in [5.74, 6) is -1.55. The summed E-state index contributed by atoms with van der Waals surface area (Å²) in [6.07, 6.45) is 1.08. The minimum atomic E-state index is -5.08. The number of aliphatic carboxylic acids is 1. The molecule has 1 unspecified atom stereocenters. The summed E-state index contributed by atoms with van der Waals surface area (Å²) >= 11 is 0. The molecule has 1 aliphatic heterocycles. The number of nitrogens with zero attached hydrogens (tertiary/aromatic N) is 2. The van der Waals surface area contributed by atoms with Gasteiger partial charge in [-0.25, -0.2) is 9.93 Å². The van der Waals surface area contributed by atoms with Gasteiger partial charge in [0.2, 0.25) is 11.8 Å². The lowest BCUT2D eigenvalue weighted by Crippen LogP contribution is -2.53. The van der Waals surface area contributed by atoms with Crippen LogP contribution < -0.4 is 15.8 Å². The lowest BCUT2D eigenvalue weighted by atomic mass is 9.96. The highest BCUT2D eigenvalue weighted by Crippen LogP contribution is 2.31. The molecule has 3 rings (SSSR count). The van der Waals surface area contributed by atoms with E-state index >= 15 is 0 Å². The third kappa shape index (κ3) is 10.3. The van der Waals surface area contributed by atoms with E-state index in [1.54, 1.807) is 0 Å². The van der Waals surface area contributed by atoms with Crippen molar-refractivity contribution in [2.75, 3.05) is 32.7 Å². The summed E-state index contributed by atoms with van der Waals surface area (Å²) in [7, 11) is -4.10. The zero-order chi connectivity index (χ0) is 30.8. The van der Waals surface area contributed by atoms with Crippen LogP contribution in [0.2, 0.25) is 0 Å². The molecular formula is C26H32F3N5O6S. The van der Waals surface area contributed by atoms with E-state index in [2.05, 4.69) is 58.7 Å². The van der Waals surface area contributed by atoms with Gasteiger partial charge in [-0.3, -0.25) is 14.5 Å². The SMILES string of the molecule is C#CCNC(=O)CNC(=O)CN(C1CCN(C(C)c2cccc3ccccc23)CC1)S(N)(=O)=O.O=C(O)C(F)(F)F. The number of halogens is 3. The lowest BCUT2D eigenvalue weighted by Gasteiger charge is -2.39. The van der Waals surface area contributed by atoms with Crippen molar-refractivity contribution >= 4 is 38.8 Å². The van der Waals surface area contributed by atoms with E-state index in [0.29, 0.717) is 25.9 Å². The second-order valence-electron chi connectivity index (χ2n) is 9.16. The summed E-state index contributed by atoms with van der Waals surface area (Å²) < 4.78 is 57.2. The lowest BCUT2D eigenvalue weighted by molar-refractivity contribution is -0.192. The van der Waals surface area contributed by atoms with Gasteiger partial charge < -0.3 is 15.7 Å². The topological polar surface area (TPSA) is 162 Å². The Kier molecular flexibility index (Phi) is 12.1. The third-order valence-electron chi connectivity index (χ3n) is 6.43. The molecule has 2 aromatic rings. The normalized spacial score (nSPS) is 15.3. The molecule has 0 radical (unpaired) electrons. The predicted octanol–water partition coefficient (Wildman–Crippen LogP) is 1.37. The Hall–Kier alpha value is -3.71. The van der Waals surface area contributed by atoms with E-state index < -0.39 is 46.8 Å². The van der Waals surface area contributed by atoms with Crippen molar-refractivity contribution in [1.29, 1.82) is 0 Å². The molecule has 0 aliphatic carbocycles. The number of amides is 2. The van der Waals surface area contributed by atoms with Crippen LogP contribution in [0.25, 0.3) is 10.8 Å². The molecule has 2 amide bonds. The molecule has 41 heavy (non-hydrogen) atoms. The van der Waals surface area contributed by atoms with Crippen LogP contribution in [0.1, 0.15) is 31.4 Å². The van der Waals surface area contributed by atoms with Crippen LogP contribution in [0, 0.1) is 12.3 Å². The standard InChI is InChI=1S/C24H31N5O4S.C2HF3O2/c1-3-13-26-23(30)16-27-24(31)17-29(34(25,32)33)20-11-14-28(15-12-20)18(2)21-10-6-8-19-7-4-5-9-22(19)21;3-2(4,5)1(6)7/h1,4-10,18,20H,11-17H2,2H3,(H,26,30)(H,27,31)(H2,25,32,33);(H,6,7). The number of carboxylic acid groups (broad SMARTS) is 1. The molecule has 0 bridgehead atoms. The van der Waals surface area contributed by atoms with Gasteiger partial charge in [0.05, 0.1) is 19.6 Å². The molecule has 15 heteroatoms. The molecule has 2 aromatic carbocycles. The number of terminal acetylenes is 1. The first-order valence-electron chi connectivity index (χ1n) is 12.4. The first-order chi connectivity index (χ1) is 19.1. The number of hydrogen-bond donors (Lipinski definition) is 4. The molecule has 1 saturated heterocycles. The Balaban J connectivity index is 0.000000745. The number of carbonyl (C=O) groups is 3. The summed E-state index contributed by atoms with van der Waals surface area (Å²) in [5.41, 5.74) is 1.22. The van der Waals surface area contributed by atoms with Gasteiger partial charge in [-0.1, -0.05) is 48.4 Å². The van der Waals surface area contributed by atoms with Crippen LogP contribution in [0.3, 0.4) is 0 Å². The number of likely N-dealkylation sites (tertiary alicyclic amines) is 1. The number of alkyl halides is 3. The van der Waals surface area contributed by atoms with E-state index in [1.165, 1.54) is 16.3 Å². The molecule has 5 N–H and O–H groups in total. The van der Waals surface area contributed by atoms with Crippen LogP contribution in [0.15, 0.2) is 42.5 Å². The number of piperidine rings is 1. The molecule has 1 atom stereocenters. The third-order valence-corrected chi connectivity index (χ3v) is 7.51. The molecule has 0 spiro atoms. The van der Waals surface area contributed by atoms with Gasteiger partial charge in [-0.05, 0) is 36.1 Å². The van der Waals surface area contributed by atoms with Gasteiger partial charge in [-0.15, -0.1) is 6.42 Å². The zero-order valence-corrected chi connectivity index (χ0v) is 23.0. The van der Waals surface area contributed by atoms with Crippen LogP contribution in [0.5, 0.6) is 0 Å². The maximum absolute atomic E-state index is 12.3. The number of carbonyl (C=O) groups excluding carboxylic acids is 2. The zero-order valence-electron chi connectivity index (χ0n) is 22.2. The second kappa shape index (κ2) is 14.8. The van der Waals surface area contributed by atoms with Gasteiger partial charge in [0.25, 0.3) is 10.2 Å². The van der Waals surface area contributed by atoms with Crippen molar-refractivity contribution in [2.45, 2.75) is 38.0 Å². The van der Waals surface area contributed by atoms with E-state index in [-0.39, 0.29) is 19.1 Å². The number of hydrogen-bond acceptors (Lipinski definition) is 6. The van der Waals surface area contributed by atoms with Crippen molar-refractivity contribution in [3.05, 3.63) is 48.0 Å². The highest BCUT2D eigenvalue weighted by atomic mass is 32.2. The molecule has 1 heterocycles. The average Bonchev–Trinajstić information content (AvgIpc) is 2.92. The van der Waals surface area contributed by atoms with Crippen molar-refractivity contribution in [3.63, 3.8) is 0 Å². The highest BCUT2D eigenvalue weighted by Gasteiger charge is 2.38. The average molecular weight is 600 g/mol. The number of fused-ring (bicyclic) bond motifs is 1. The van der Waals surface area contributed by atoms with Crippen LogP contribution in [0.4, 0.5) is 13.2 Å². The fourth-order valence-electron chi connectivity index (χ4n) is 4.39. The van der Waals surface area contributed by atoms with E-state index in [9.17, 15) is 31.2 Å². The van der Waals surface area contributed by atoms with Crippen molar-refractivity contribution in [2.24, 2.45) is 5.14 Å². The first-order valence-corrected chi connectivity index (χ1v) is 13.9. The maximum Gasteiger partial charge on any atom is 0.490 e. The minimum absolute atomic E-state index is 0.0494. The predicted molar refractivity (Wildman–Crippen MR) is 145 cm³/mol. The Morgan fingerprint density at radius 2 is 1.71 bits per heavy atom. The van der Waals surface area contributed by atoms with Gasteiger partial charge in [0.1, 0.15) is 0 Å². The number of nitrogens with one attached hydrogen (secondary N) is 2. The molecule has 1 fully saturated rings. The molecule has 0 aromatic heterocycles. The summed E-state index contributed by atoms with van der Waals surface area (Å²) in [6, 6.07) is 14.3. The molecule has 0 saturated carbocycles. The van der Waals surface area contributed by atoms with E-state index in [0.717, 1.165) is 4.31 Å². The van der Waals surface area contributed by atoms with Crippen LogP contribution in [-0.4, -0.2) is 85.5 Å². The number of rotatable bonds is 9. The largest absolute Gasteiger partial charge is 0.490 e. The first kappa shape index (κ1) is 33.5. The summed E-state index contributed by atoms with van der Waals surface area (Å²) in [6.45, 7) is 2.80. The maximum atomic E-state index is 12.3. The van der Waals surface area contributed by atoms with Crippen molar-refractivity contribution in [3.8, 4) is 12.3 Å². The van der Waals surface area contributed by atoms with Crippen LogP contribution in [-0.2, 0) is 24.6 Å². The molecular weight excluding hydrogens is 567 g/mol. The second-order valence-corrected chi connectivity index (χ2v) is 10.7. The van der Waals surface area contributed by atoms with Crippen molar-refractivity contribution in [1.82, 2.24) is 19.8 Å². The number of nitrogens with two attached hydrogens (primary N) is 1. The smallest absolute Gasteiger partial charge is 0.475 e. The Morgan fingerprint density at radius 1 is 1.12 bits per heavy atom. The fraction of sp³-hybridized carbons (Fsp3) is 0.423. The van der Waals surface area contributed by atoms with Gasteiger partial charge in [-0.2, -0.15) is 25.9 Å². The quantitative estimate of drug-likeness (QED) is 0.317. The molecule has 1 aliphatic rings.